The lowest BCUT2D eigenvalue weighted by Gasteiger charge is -2.27. The van der Waals surface area contributed by atoms with Crippen LogP contribution in [0.1, 0.15) is 23.2 Å². The van der Waals surface area contributed by atoms with Crippen molar-refractivity contribution in [2.75, 3.05) is 13.2 Å². The number of benzene rings is 1. The predicted molar refractivity (Wildman–Crippen MR) is 90.6 cm³/mol. The first kappa shape index (κ1) is 14.5. The molecule has 3 aromatic rings. The van der Waals surface area contributed by atoms with E-state index in [1.54, 1.807) is 17.7 Å². The molecule has 3 heterocycles. The van der Waals surface area contributed by atoms with Gasteiger partial charge in [0.1, 0.15) is 11.3 Å². The number of ether oxygens (including phenoxy) is 1. The van der Waals surface area contributed by atoms with Gasteiger partial charge in [-0.15, -0.1) is 11.3 Å². The van der Waals surface area contributed by atoms with Crippen LogP contribution < -0.4 is 4.74 Å². The van der Waals surface area contributed by atoms with Gasteiger partial charge in [-0.1, -0.05) is 12.1 Å². The number of hydrogen-bond donors (Lipinski definition) is 0. The van der Waals surface area contributed by atoms with E-state index in [4.69, 9.17) is 9.72 Å². The normalized spacial score (nSPS) is 14.8. The molecule has 1 aliphatic rings. The lowest BCUT2D eigenvalue weighted by molar-refractivity contribution is 0.231. The minimum atomic E-state index is 0.626. The largest absolute Gasteiger partial charge is 0.478 e. The molecule has 0 fully saturated rings. The molecule has 0 aliphatic carbocycles. The third-order valence-electron chi connectivity index (χ3n) is 4.02. The number of para-hydroxylation sites is 1. The Morgan fingerprint density at radius 1 is 1.26 bits per heavy atom. The predicted octanol–water partition coefficient (Wildman–Crippen LogP) is 3.04. The summed E-state index contributed by atoms with van der Waals surface area (Å²) in [6.45, 7) is 5.28. The van der Waals surface area contributed by atoms with Crippen LogP contribution in [0, 0.1) is 0 Å². The van der Waals surface area contributed by atoms with Gasteiger partial charge in [-0.25, -0.2) is 15.0 Å². The summed E-state index contributed by atoms with van der Waals surface area (Å²) in [6.07, 6.45) is 2.54. The summed E-state index contributed by atoms with van der Waals surface area (Å²) >= 11 is 1.77. The van der Waals surface area contributed by atoms with Crippen molar-refractivity contribution in [1.82, 2.24) is 19.9 Å². The van der Waals surface area contributed by atoms with Gasteiger partial charge in [0, 0.05) is 25.1 Å². The number of fused-ring (bicyclic) bond motifs is 2. The molecular weight excluding hydrogens is 308 g/mol. The number of nitrogens with zero attached hydrogens (tertiary/aromatic N) is 4. The molecule has 0 spiro atoms. The first-order chi connectivity index (χ1) is 11.3. The Bertz CT molecular complexity index is 799. The van der Waals surface area contributed by atoms with E-state index in [9.17, 15) is 0 Å². The Morgan fingerprint density at radius 2 is 2.17 bits per heavy atom. The Labute approximate surface area is 139 Å². The summed E-state index contributed by atoms with van der Waals surface area (Å²) < 4.78 is 6.91. The smallest absolute Gasteiger partial charge is 0.221 e. The lowest BCUT2D eigenvalue weighted by Crippen LogP contribution is -2.31. The quantitative estimate of drug-likeness (QED) is 0.737. The second-order valence-corrected chi connectivity index (χ2v) is 6.69. The van der Waals surface area contributed by atoms with E-state index in [2.05, 4.69) is 33.1 Å². The number of rotatable bonds is 4. The highest BCUT2D eigenvalue weighted by molar-refractivity contribution is 7.18. The fourth-order valence-electron chi connectivity index (χ4n) is 2.95. The third kappa shape index (κ3) is 2.92. The van der Waals surface area contributed by atoms with Crippen molar-refractivity contribution in [2.45, 2.75) is 26.4 Å². The van der Waals surface area contributed by atoms with Gasteiger partial charge in [0.25, 0.3) is 0 Å². The number of thiazole rings is 1. The molecule has 0 bridgehead atoms. The zero-order valence-electron chi connectivity index (χ0n) is 13.0. The Balaban J connectivity index is 1.55. The first-order valence-electron chi connectivity index (χ1n) is 7.86. The van der Waals surface area contributed by atoms with E-state index < -0.39 is 0 Å². The zero-order chi connectivity index (χ0) is 15.6. The van der Waals surface area contributed by atoms with Crippen LogP contribution in [-0.2, 0) is 19.5 Å². The molecular formula is C17H18N4OS. The Kier molecular flexibility index (Phi) is 3.93. The van der Waals surface area contributed by atoms with Gasteiger partial charge < -0.3 is 4.74 Å². The minimum Gasteiger partial charge on any atom is -0.478 e. The maximum atomic E-state index is 5.66. The topological polar surface area (TPSA) is 51.1 Å². The van der Waals surface area contributed by atoms with E-state index >= 15 is 0 Å². The van der Waals surface area contributed by atoms with Crippen LogP contribution in [0.15, 0.2) is 30.6 Å². The highest BCUT2D eigenvalue weighted by Gasteiger charge is 2.22. The van der Waals surface area contributed by atoms with E-state index in [0.29, 0.717) is 6.61 Å². The highest BCUT2D eigenvalue weighted by atomic mass is 32.1. The van der Waals surface area contributed by atoms with Crippen LogP contribution in [0.4, 0.5) is 0 Å². The molecule has 0 unspecified atom stereocenters. The molecule has 0 amide bonds. The van der Waals surface area contributed by atoms with Gasteiger partial charge in [-0.3, -0.25) is 4.90 Å². The molecule has 0 radical (unpaired) electrons. The number of hydrogen-bond acceptors (Lipinski definition) is 6. The molecule has 6 heteroatoms. The average molecular weight is 326 g/mol. The SMILES string of the molecule is CCOc1ncnc2c1CN(Cc1nc3ccccc3s1)CC2. The molecule has 118 valence electrons. The fraction of sp³-hybridized carbons (Fsp3) is 0.353. The lowest BCUT2D eigenvalue weighted by atomic mass is 10.1. The molecule has 0 saturated heterocycles. The van der Waals surface area contributed by atoms with E-state index in [-0.39, 0.29) is 0 Å². The van der Waals surface area contributed by atoms with Gasteiger partial charge in [0.2, 0.25) is 5.88 Å². The van der Waals surface area contributed by atoms with E-state index in [0.717, 1.165) is 53.7 Å². The molecule has 0 atom stereocenters. The summed E-state index contributed by atoms with van der Waals surface area (Å²) in [4.78, 5) is 15.8. The molecule has 1 aliphatic heterocycles. The van der Waals surface area contributed by atoms with Crippen LogP contribution in [0.5, 0.6) is 5.88 Å². The number of aromatic nitrogens is 3. The van der Waals surface area contributed by atoms with Crippen LogP contribution in [0.3, 0.4) is 0 Å². The van der Waals surface area contributed by atoms with Crippen LogP contribution in [0.25, 0.3) is 10.2 Å². The second-order valence-electron chi connectivity index (χ2n) is 5.57. The molecule has 23 heavy (non-hydrogen) atoms. The van der Waals surface area contributed by atoms with Crippen molar-refractivity contribution in [3.63, 3.8) is 0 Å². The first-order valence-corrected chi connectivity index (χ1v) is 8.67. The fourth-order valence-corrected chi connectivity index (χ4v) is 3.96. The van der Waals surface area contributed by atoms with Crippen molar-refractivity contribution >= 4 is 21.6 Å². The molecule has 4 rings (SSSR count). The maximum absolute atomic E-state index is 5.66. The van der Waals surface area contributed by atoms with Gasteiger partial charge in [0.15, 0.2) is 0 Å². The van der Waals surface area contributed by atoms with E-state index in [1.165, 1.54) is 4.70 Å². The van der Waals surface area contributed by atoms with Crippen LogP contribution in [0.2, 0.25) is 0 Å². The van der Waals surface area contributed by atoms with E-state index in [1.807, 2.05) is 13.0 Å². The summed E-state index contributed by atoms with van der Waals surface area (Å²) in [6, 6.07) is 8.30. The van der Waals surface area contributed by atoms with Crippen molar-refractivity contribution < 1.29 is 4.74 Å². The van der Waals surface area contributed by atoms with Crippen molar-refractivity contribution in [3.8, 4) is 5.88 Å². The van der Waals surface area contributed by atoms with Gasteiger partial charge in [-0.2, -0.15) is 0 Å². The molecule has 2 aromatic heterocycles. The molecule has 0 N–H and O–H groups in total. The van der Waals surface area contributed by atoms with Crippen molar-refractivity contribution in [1.29, 1.82) is 0 Å². The molecule has 1 aromatic carbocycles. The van der Waals surface area contributed by atoms with Crippen LogP contribution in [-0.4, -0.2) is 33.0 Å². The summed E-state index contributed by atoms with van der Waals surface area (Å²) in [7, 11) is 0. The zero-order valence-corrected chi connectivity index (χ0v) is 13.8. The minimum absolute atomic E-state index is 0.626. The summed E-state index contributed by atoms with van der Waals surface area (Å²) in [5.74, 6) is 0.728. The second kappa shape index (κ2) is 6.22. The summed E-state index contributed by atoms with van der Waals surface area (Å²) in [5.41, 5.74) is 3.33. The van der Waals surface area contributed by atoms with Crippen LogP contribution >= 0.6 is 11.3 Å². The third-order valence-corrected chi connectivity index (χ3v) is 5.04. The standard InChI is InChI=1S/C17H18N4OS/c1-2-22-17-12-9-21(8-7-13(12)18-11-19-17)10-16-20-14-5-3-4-6-15(14)23-16/h3-6,11H,2,7-10H2,1H3. The van der Waals surface area contributed by atoms with Gasteiger partial charge in [0.05, 0.1) is 29.1 Å². The molecule has 5 nitrogen and oxygen atoms in total. The van der Waals surface area contributed by atoms with Gasteiger partial charge >= 0.3 is 0 Å². The average Bonchev–Trinajstić information content (AvgIpc) is 2.98. The van der Waals surface area contributed by atoms with Gasteiger partial charge in [-0.05, 0) is 19.1 Å². The molecule has 0 saturated carbocycles. The Morgan fingerprint density at radius 3 is 3.04 bits per heavy atom. The van der Waals surface area contributed by atoms with Crippen molar-refractivity contribution in [2.24, 2.45) is 0 Å². The Hall–Kier alpha value is -2.05. The maximum Gasteiger partial charge on any atom is 0.221 e. The summed E-state index contributed by atoms with van der Waals surface area (Å²) in [5, 5.41) is 1.16. The highest BCUT2D eigenvalue weighted by Crippen LogP contribution is 2.27. The monoisotopic (exact) mass is 326 g/mol. The van der Waals surface area contributed by atoms with Crippen molar-refractivity contribution in [3.05, 3.63) is 46.9 Å².